The van der Waals surface area contributed by atoms with Crippen molar-refractivity contribution in [3.8, 4) is 0 Å². The number of thiazole rings is 1. The van der Waals surface area contributed by atoms with Crippen molar-refractivity contribution in [2.24, 2.45) is 0 Å². The zero-order valence-corrected chi connectivity index (χ0v) is 14.2. The van der Waals surface area contributed by atoms with Gasteiger partial charge in [-0.25, -0.2) is 9.78 Å². The minimum atomic E-state index is -0.453. The van der Waals surface area contributed by atoms with Gasteiger partial charge in [0.25, 0.3) is 5.91 Å². The molecule has 0 saturated carbocycles. The quantitative estimate of drug-likeness (QED) is 0.680. The van der Waals surface area contributed by atoms with Gasteiger partial charge >= 0.3 is 5.97 Å². The van der Waals surface area contributed by atoms with Crippen LogP contribution in [0.4, 0.5) is 16.5 Å². The second-order valence-corrected chi connectivity index (χ2v) is 5.96. The van der Waals surface area contributed by atoms with Gasteiger partial charge in [-0.1, -0.05) is 12.1 Å². The summed E-state index contributed by atoms with van der Waals surface area (Å²) in [4.78, 5) is 28.2. The Balaban J connectivity index is 1.74. The molecule has 0 unspecified atom stereocenters. The number of esters is 1. The Hall–Kier alpha value is -3.19. The number of benzene rings is 2. The van der Waals surface area contributed by atoms with E-state index in [-0.39, 0.29) is 5.91 Å². The number of carbonyl (C=O) groups excluding carboxylic acids is 2. The summed E-state index contributed by atoms with van der Waals surface area (Å²) >= 11 is 1.47. The predicted octanol–water partition coefficient (Wildman–Crippen LogP) is 3.93. The maximum atomic E-state index is 12.5. The molecule has 2 aromatic carbocycles. The molecular formula is C18H15N3O3S. The molecule has 3 rings (SSSR count). The molecule has 1 heterocycles. The van der Waals surface area contributed by atoms with Gasteiger partial charge in [0.15, 0.2) is 5.13 Å². The molecule has 0 radical (unpaired) electrons. The number of nitrogens with one attached hydrogen (secondary N) is 2. The maximum Gasteiger partial charge on any atom is 0.337 e. The molecule has 3 aromatic rings. The summed E-state index contributed by atoms with van der Waals surface area (Å²) in [6.45, 7) is 0. The molecule has 0 spiro atoms. The number of rotatable bonds is 5. The van der Waals surface area contributed by atoms with E-state index in [0.717, 1.165) is 10.8 Å². The van der Waals surface area contributed by atoms with Gasteiger partial charge in [-0.05, 0) is 36.4 Å². The summed E-state index contributed by atoms with van der Waals surface area (Å²) in [5.41, 5.74) is 2.15. The first-order chi connectivity index (χ1) is 12.2. The third-order valence-corrected chi connectivity index (χ3v) is 4.04. The van der Waals surface area contributed by atoms with Crippen LogP contribution in [-0.4, -0.2) is 24.0 Å². The second kappa shape index (κ2) is 7.59. The van der Waals surface area contributed by atoms with Crippen molar-refractivity contribution in [3.63, 3.8) is 0 Å². The average molecular weight is 353 g/mol. The van der Waals surface area contributed by atoms with Crippen LogP contribution < -0.4 is 10.6 Å². The van der Waals surface area contributed by atoms with E-state index in [2.05, 4.69) is 20.4 Å². The number of hydrogen-bond donors (Lipinski definition) is 2. The Morgan fingerprint density at radius 3 is 2.48 bits per heavy atom. The van der Waals surface area contributed by atoms with Crippen molar-refractivity contribution in [2.45, 2.75) is 0 Å². The topological polar surface area (TPSA) is 80.3 Å². The molecule has 6 nitrogen and oxygen atoms in total. The van der Waals surface area contributed by atoms with Gasteiger partial charge in [0.1, 0.15) is 0 Å². The first kappa shape index (κ1) is 16.7. The molecule has 0 aliphatic heterocycles. The highest BCUT2D eigenvalue weighted by Gasteiger charge is 2.10. The number of ether oxygens (including phenoxy) is 1. The lowest BCUT2D eigenvalue weighted by atomic mass is 10.1. The highest BCUT2D eigenvalue weighted by molar-refractivity contribution is 7.13. The number of anilines is 3. The summed E-state index contributed by atoms with van der Waals surface area (Å²) < 4.78 is 4.68. The predicted molar refractivity (Wildman–Crippen MR) is 97.6 cm³/mol. The lowest BCUT2D eigenvalue weighted by molar-refractivity contribution is 0.0600. The van der Waals surface area contributed by atoms with Gasteiger partial charge in [-0.2, -0.15) is 0 Å². The third kappa shape index (κ3) is 4.21. The number of methoxy groups -OCH3 is 1. The molecule has 0 bridgehead atoms. The van der Waals surface area contributed by atoms with E-state index in [0.29, 0.717) is 16.8 Å². The smallest absolute Gasteiger partial charge is 0.337 e. The van der Waals surface area contributed by atoms with Gasteiger partial charge < -0.3 is 15.4 Å². The molecule has 0 aliphatic rings. The van der Waals surface area contributed by atoms with Crippen LogP contribution in [0.15, 0.2) is 60.1 Å². The fraction of sp³-hybridized carbons (Fsp3) is 0.0556. The summed E-state index contributed by atoms with van der Waals surface area (Å²) in [6, 6.07) is 13.7. The van der Waals surface area contributed by atoms with Crippen LogP contribution in [0.3, 0.4) is 0 Å². The molecule has 0 fully saturated rings. The van der Waals surface area contributed by atoms with Crippen LogP contribution in [0.2, 0.25) is 0 Å². The van der Waals surface area contributed by atoms with Gasteiger partial charge in [0.2, 0.25) is 0 Å². The Morgan fingerprint density at radius 1 is 1.04 bits per heavy atom. The van der Waals surface area contributed by atoms with Gasteiger partial charge in [-0.3, -0.25) is 4.79 Å². The highest BCUT2D eigenvalue weighted by Crippen LogP contribution is 2.20. The van der Waals surface area contributed by atoms with Crippen LogP contribution in [0.25, 0.3) is 0 Å². The molecule has 0 saturated heterocycles. The van der Waals surface area contributed by atoms with Crippen LogP contribution in [0.5, 0.6) is 0 Å². The van der Waals surface area contributed by atoms with Crippen LogP contribution in [0, 0.1) is 0 Å². The minimum absolute atomic E-state index is 0.273. The summed E-state index contributed by atoms with van der Waals surface area (Å²) in [6.07, 6.45) is 1.71. The normalized spacial score (nSPS) is 10.1. The Labute approximate surface area is 148 Å². The summed E-state index contributed by atoms with van der Waals surface area (Å²) in [5.74, 6) is -0.726. The van der Waals surface area contributed by atoms with E-state index in [4.69, 9.17) is 0 Å². The van der Waals surface area contributed by atoms with Crippen molar-refractivity contribution in [3.05, 3.63) is 71.2 Å². The van der Waals surface area contributed by atoms with Crippen molar-refractivity contribution in [1.82, 2.24) is 4.98 Å². The molecule has 2 N–H and O–H groups in total. The first-order valence-electron chi connectivity index (χ1n) is 7.42. The lowest BCUT2D eigenvalue weighted by Crippen LogP contribution is -2.12. The largest absolute Gasteiger partial charge is 0.465 e. The Kier molecular flexibility index (Phi) is 5.06. The molecule has 1 aromatic heterocycles. The Morgan fingerprint density at radius 2 is 1.76 bits per heavy atom. The van der Waals surface area contributed by atoms with E-state index in [9.17, 15) is 9.59 Å². The molecule has 25 heavy (non-hydrogen) atoms. The molecule has 1 amide bonds. The van der Waals surface area contributed by atoms with Gasteiger partial charge in [-0.15, -0.1) is 11.3 Å². The van der Waals surface area contributed by atoms with E-state index in [1.165, 1.54) is 18.4 Å². The summed E-state index contributed by atoms with van der Waals surface area (Å²) in [7, 11) is 1.31. The molecule has 126 valence electrons. The van der Waals surface area contributed by atoms with Crippen molar-refractivity contribution >= 4 is 39.7 Å². The zero-order chi connectivity index (χ0) is 17.6. The van der Waals surface area contributed by atoms with Crippen molar-refractivity contribution < 1.29 is 14.3 Å². The zero-order valence-electron chi connectivity index (χ0n) is 13.4. The van der Waals surface area contributed by atoms with Crippen LogP contribution in [-0.2, 0) is 4.74 Å². The third-order valence-electron chi connectivity index (χ3n) is 3.35. The van der Waals surface area contributed by atoms with E-state index in [1.54, 1.807) is 48.7 Å². The first-order valence-corrected chi connectivity index (χ1v) is 8.30. The minimum Gasteiger partial charge on any atom is -0.465 e. The molecule has 0 aliphatic carbocycles. The van der Waals surface area contributed by atoms with Crippen LogP contribution in [0.1, 0.15) is 20.7 Å². The van der Waals surface area contributed by atoms with Gasteiger partial charge in [0, 0.05) is 28.5 Å². The van der Waals surface area contributed by atoms with Gasteiger partial charge in [0.05, 0.1) is 12.7 Å². The molecule has 0 atom stereocenters. The van der Waals surface area contributed by atoms with E-state index >= 15 is 0 Å². The fourth-order valence-electron chi connectivity index (χ4n) is 2.19. The standard InChI is InChI=1S/C18H15N3O3S/c1-24-17(23)13-5-3-6-14(11-13)20-16(22)12-4-2-7-15(10-12)21-18-19-8-9-25-18/h2-11H,1H3,(H,19,21)(H,20,22). The van der Waals surface area contributed by atoms with Crippen LogP contribution >= 0.6 is 11.3 Å². The van der Waals surface area contributed by atoms with E-state index < -0.39 is 5.97 Å². The average Bonchev–Trinajstić information content (AvgIpc) is 3.14. The number of hydrogen-bond acceptors (Lipinski definition) is 6. The number of carbonyl (C=O) groups is 2. The summed E-state index contributed by atoms with van der Waals surface area (Å²) in [5, 5.41) is 8.54. The Bertz CT molecular complexity index is 894. The number of aromatic nitrogens is 1. The fourth-order valence-corrected chi connectivity index (χ4v) is 2.74. The van der Waals surface area contributed by atoms with E-state index in [1.807, 2.05) is 11.4 Å². The monoisotopic (exact) mass is 353 g/mol. The van der Waals surface area contributed by atoms with Crippen molar-refractivity contribution in [1.29, 1.82) is 0 Å². The lowest BCUT2D eigenvalue weighted by Gasteiger charge is -2.08. The molecular weight excluding hydrogens is 338 g/mol. The number of nitrogens with zero attached hydrogens (tertiary/aromatic N) is 1. The SMILES string of the molecule is COC(=O)c1cccc(NC(=O)c2cccc(Nc3nccs3)c2)c1. The maximum absolute atomic E-state index is 12.5. The number of amides is 1. The second-order valence-electron chi connectivity index (χ2n) is 5.07. The van der Waals surface area contributed by atoms with Crippen molar-refractivity contribution in [2.75, 3.05) is 17.7 Å². The molecule has 7 heteroatoms. The highest BCUT2D eigenvalue weighted by atomic mass is 32.1.